The van der Waals surface area contributed by atoms with Gasteiger partial charge in [-0.3, -0.25) is 4.79 Å². The van der Waals surface area contributed by atoms with E-state index in [9.17, 15) is 4.79 Å². The van der Waals surface area contributed by atoms with Crippen LogP contribution in [0, 0.1) is 27.7 Å². The summed E-state index contributed by atoms with van der Waals surface area (Å²) in [5.41, 5.74) is 5.31. The third-order valence-electron chi connectivity index (χ3n) is 4.36. The maximum Gasteiger partial charge on any atom is 0.255 e. The van der Waals surface area contributed by atoms with Gasteiger partial charge in [-0.25, -0.2) is 14.2 Å². The van der Waals surface area contributed by atoms with E-state index in [1.807, 2.05) is 58.0 Å². The number of nitrogens with one attached hydrogen (secondary N) is 1. The molecule has 0 unspecified atom stereocenters. The Bertz CT molecular complexity index is 1160. The molecular formula is C20H20N6O. The average molecular weight is 360 g/mol. The summed E-state index contributed by atoms with van der Waals surface area (Å²) in [7, 11) is 0. The Morgan fingerprint density at radius 3 is 2.30 bits per heavy atom. The predicted octanol–water partition coefficient (Wildman–Crippen LogP) is 3.40. The van der Waals surface area contributed by atoms with Crippen LogP contribution in [-0.2, 0) is 0 Å². The molecule has 0 aliphatic heterocycles. The monoisotopic (exact) mass is 360 g/mol. The van der Waals surface area contributed by atoms with Gasteiger partial charge < -0.3 is 5.32 Å². The molecular weight excluding hydrogens is 340 g/mol. The van der Waals surface area contributed by atoms with Gasteiger partial charge in [-0.05, 0) is 52.0 Å². The smallest absolute Gasteiger partial charge is 0.255 e. The third-order valence-corrected chi connectivity index (χ3v) is 4.36. The highest BCUT2D eigenvalue weighted by atomic mass is 16.1. The Balaban J connectivity index is 1.92. The molecule has 4 aromatic rings. The van der Waals surface area contributed by atoms with Crippen LogP contribution in [0.5, 0.6) is 0 Å². The first-order valence-corrected chi connectivity index (χ1v) is 8.71. The summed E-state index contributed by atoms with van der Waals surface area (Å²) in [6.45, 7) is 7.77. The fourth-order valence-corrected chi connectivity index (χ4v) is 3.19. The number of nitrogens with zero attached hydrogens (tertiary/aromatic N) is 5. The molecule has 0 spiro atoms. The molecule has 0 radical (unpaired) electrons. The van der Waals surface area contributed by atoms with Crippen molar-refractivity contribution in [2.75, 3.05) is 5.32 Å². The second-order valence-corrected chi connectivity index (χ2v) is 6.63. The second-order valence-electron chi connectivity index (χ2n) is 6.63. The molecule has 0 saturated carbocycles. The topological polar surface area (TPSA) is 77.1 Å². The van der Waals surface area contributed by atoms with Gasteiger partial charge in [-0.15, -0.1) is 5.10 Å². The van der Waals surface area contributed by atoms with E-state index in [1.54, 1.807) is 21.3 Å². The number of aryl methyl sites for hydroxylation is 4. The lowest BCUT2D eigenvalue weighted by Crippen LogP contribution is -2.14. The average Bonchev–Trinajstić information content (AvgIpc) is 3.15. The first-order chi connectivity index (χ1) is 12.9. The van der Waals surface area contributed by atoms with E-state index in [0.29, 0.717) is 22.7 Å². The minimum absolute atomic E-state index is 0.214. The highest BCUT2D eigenvalue weighted by molar-refractivity contribution is 6.07. The van der Waals surface area contributed by atoms with Crippen LogP contribution in [0.15, 0.2) is 42.5 Å². The lowest BCUT2D eigenvalue weighted by atomic mass is 10.2. The first kappa shape index (κ1) is 17.0. The van der Waals surface area contributed by atoms with Crippen molar-refractivity contribution in [3.8, 4) is 5.82 Å². The predicted molar refractivity (Wildman–Crippen MR) is 103 cm³/mol. The number of rotatable bonds is 3. The summed E-state index contributed by atoms with van der Waals surface area (Å²) in [6, 6.07) is 13.0. The van der Waals surface area contributed by atoms with Crippen LogP contribution in [0.4, 0.5) is 5.69 Å². The van der Waals surface area contributed by atoms with Crippen LogP contribution in [0.3, 0.4) is 0 Å². The standard InChI is InChI=1S/C20H20N6O/c1-12-10-14(3)25-18(21-12)17(22-20(27)16-8-6-5-7-9-16)19(24-25)26-15(4)11-13(2)23-26/h5-11H,1-4H3,(H,22,27). The van der Waals surface area contributed by atoms with E-state index < -0.39 is 0 Å². The second kappa shape index (κ2) is 6.35. The van der Waals surface area contributed by atoms with Gasteiger partial charge >= 0.3 is 0 Å². The molecule has 3 aromatic heterocycles. The van der Waals surface area contributed by atoms with Crippen LogP contribution < -0.4 is 5.32 Å². The van der Waals surface area contributed by atoms with Gasteiger partial charge in [0.15, 0.2) is 5.65 Å². The largest absolute Gasteiger partial charge is 0.316 e. The summed E-state index contributed by atoms with van der Waals surface area (Å²) in [4.78, 5) is 17.4. The first-order valence-electron chi connectivity index (χ1n) is 8.71. The highest BCUT2D eigenvalue weighted by Gasteiger charge is 2.21. The summed E-state index contributed by atoms with van der Waals surface area (Å²) in [5.74, 6) is 0.334. The number of hydrogen-bond donors (Lipinski definition) is 1. The Morgan fingerprint density at radius 1 is 0.926 bits per heavy atom. The highest BCUT2D eigenvalue weighted by Crippen LogP contribution is 2.27. The summed E-state index contributed by atoms with van der Waals surface area (Å²) in [5, 5.41) is 12.2. The molecule has 0 fully saturated rings. The molecule has 0 aliphatic carbocycles. The van der Waals surface area contributed by atoms with Crippen molar-refractivity contribution >= 4 is 17.2 Å². The van der Waals surface area contributed by atoms with E-state index in [4.69, 9.17) is 0 Å². The number of amides is 1. The van der Waals surface area contributed by atoms with Crippen molar-refractivity contribution < 1.29 is 4.79 Å². The molecule has 7 heteroatoms. The van der Waals surface area contributed by atoms with Gasteiger partial charge in [-0.1, -0.05) is 18.2 Å². The molecule has 0 bridgehead atoms. The number of benzene rings is 1. The van der Waals surface area contributed by atoms with Crippen molar-refractivity contribution in [1.29, 1.82) is 0 Å². The van der Waals surface area contributed by atoms with E-state index in [1.165, 1.54) is 0 Å². The van der Waals surface area contributed by atoms with Crippen LogP contribution >= 0.6 is 0 Å². The van der Waals surface area contributed by atoms with Gasteiger partial charge in [0.2, 0.25) is 5.82 Å². The number of fused-ring (bicyclic) bond motifs is 1. The van der Waals surface area contributed by atoms with Gasteiger partial charge in [0, 0.05) is 22.6 Å². The maximum absolute atomic E-state index is 12.8. The number of aromatic nitrogens is 5. The van der Waals surface area contributed by atoms with Crippen molar-refractivity contribution in [2.24, 2.45) is 0 Å². The Hall–Kier alpha value is -3.48. The molecule has 27 heavy (non-hydrogen) atoms. The molecule has 0 saturated heterocycles. The summed E-state index contributed by atoms with van der Waals surface area (Å²) >= 11 is 0. The third kappa shape index (κ3) is 2.97. The molecule has 1 N–H and O–H groups in total. The zero-order valence-electron chi connectivity index (χ0n) is 15.7. The minimum atomic E-state index is -0.214. The van der Waals surface area contributed by atoms with Crippen LogP contribution in [0.2, 0.25) is 0 Å². The van der Waals surface area contributed by atoms with Crippen molar-refractivity contribution in [2.45, 2.75) is 27.7 Å². The van der Waals surface area contributed by atoms with Gasteiger partial charge in [0.1, 0.15) is 5.69 Å². The number of carbonyl (C=O) groups is 1. The lowest BCUT2D eigenvalue weighted by molar-refractivity contribution is 0.102. The molecule has 3 heterocycles. The van der Waals surface area contributed by atoms with Gasteiger partial charge in [0.25, 0.3) is 5.91 Å². The lowest BCUT2D eigenvalue weighted by Gasteiger charge is -2.07. The molecule has 136 valence electrons. The van der Waals surface area contributed by atoms with Crippen LogP contribution in [0.25, 0.3) is 11.5 Å². The van der Waals surface area contributed by atoms with E-state index in [0.717, 1.165) is 22.8 Å². The Morgan fingerprint density at radius 2 is 1.63 bits per heavy atom. The van der Waals surface area contributed by atoms with Crippen LogP contribution in [0.1, 0.15) is 33.1 Å². The molecule has 0 atom stereocenters. The van der Waals surface area contributed by atoms with Crippen molar-refractivity contribution in [1.82, 2.24) is 24.4 Å². The van der Waals surface area contributed by atoms with Crippen molar-refractivity contribution in [3.63, 3.8) is 0 Å². The minimum Gasteiger partial charge on any atom is -0.316 e. The van der Waals surface area contributed by atoms with E-state index in [-0.39, 0.29) is 5.91 Å². The Labute approximate surface area is 156 Å². The van der Waals surface area contributed by atoms with Gasteiger partial charge in [-0.2, -0.15) is 5.10 Å². The SMILES string of the molecule is Cc1cc(C)n2nc(-n3nc(C)cc3C)c(NC(=O)c3ccccc3)c2n1. The normalized spacial score (nSPS) is 11.1. The molecule has 1 amide bonds. The molecule has 4 rings (SSSR count). The summed E-state index contributed by atoms with van der Waals surface area (Å²) in [6.07, 6.45) is 0. The zero-order valence-corrected chi connectivity index (χ0v) is 15.7. The summed E-state index contributed by atoms with van der Waals surface area (Å²) < 4.78 is 3.47. The van der Waals surface area contributed by atoms with Crippen molar-refractivity contribution in [3.05, 3.63) is 70.8 Å². The zero-order chi connectivity index (χ0) is 19.1. The van der Waals surface area contributed by atoms with E-state index >= 15 is 0 Å². The van der Waals surface area contributed by atoms with Gasteiger partial charge in [0.05, 0.1) is 5.69 Å². The number of carbonyl (C=O) groups excluding carboxylic acids is 1. The van der Waals surface area contributed by atoms with Crippen LogP contribution in [-0.4, -0.2) is 30.3 Å². The molecule has 1 aromatic carbocycles. The molecule has 7 nitrogen and oxygen atoms in total. The Kier molecular flexibility index (Phi) is 3.99. The fraction of sp³-hybridized carbons (Fsp3) is 0.200. The molecule has 0 aliphatic rings. The fourth-order valence-electron chi connectivity index (χ4n) is 3.19. The maximum atomic E-state index is 12.8. The quantitative estimate of drug-likeness (QED) is 0.607. The number of anilines is 1. The number of hydrogen-bond acceptors (Lipinski definition) is 4. The van der Waals surface area contributed by atoms with E-state index in [2.05, 4.69) is 20.5 Å².